The van der Waals surface area contributed by atoms with Gasteiger partial charge in [-0.3, -0.25) is 0 Å². The Morgan fingerprint density at radius 1 is 1.00 bits per heavy atom. The smallest absolute Gasteiger partial charge is 0.343 e. The van der Waals surface area contributed by atoms with E-state index in [2.05, 4.69) is 49.4 Å². The van der Waals surface area contributed by atoms with Crippen LogP contribution >= 0.6 is 43.2 Å². The number of thiophene rings is 1. The highest BCUT2D eigenvalue weighted by molar-refractivity contribution is 9.10. The summed E-state index contributed by atoms with van der Waals surface area (Å²) in [6, 6.07) is 24.9. The average Bonchev–Trinajstić information content (AvgIpc) is 3.55. The number of hydrogen-bond donors (Lipinski definition) is 0. The number of carbonyl (C=O) groups excluding carboxylic acids is 1. The lowest BCUT2D eigenvalue weighted by Crippen LogP contribution is -2.33. The molecule has 2 aliphatic heterocycles. The van der Waals surface area contributed by atoms with Crippen molar-refractivity contribution >= 4 is 54.9 Å². The summed E-state index contributed by atoms with van der Waals surface area (Å²) in [7, 11) is 0. The standard InChI is InChI=1S/C27H18Br2N2O3S/c28-18-7-3-17(4-8-18)27(32)33-20-10-5-16(6-11-20)26-31-23(15-22(30-31)25-2-1-13-35-25)21-14-19(29)9-12-24(21)34-26/h1-14,23,26H,15H2/t23-,26-/m0/s1. The quantitative estimate of drug-likeness (QED) is 0.175. The van der Waals surface area contributed by atoms with Gasteiger partial charge in [-0.25, -0.2) is 9.80 Å². The molecule has 3 heterocycles. The fourth-order valence-electron chi connectivity index (χ4n) is 4.32. The van der Waals surface area contributed by atoms with Gasteiger partial charge in [0.25, 0.3) is 0 Å². The van der Waals surface area contributed by atoms with Crippen molar-refractivity contribution in [2.45, 2.75) is 18.7 Å². The molecule has 0 aliphatic carbocycles. The minimum absolute atomic E-state index is 0.0771. The molecule has 0 saturated heterocycles. The van der Waals surface area contributed by atoms with Gasteiger partial charge in [-0.05, 0) is 78.2 Å². The van der Waals surface area contributed by atoms with E-state index in [0.29, 0.717) is 11.3 Å². The monoisotopic (exact) mass is 608 g/mol. The molecule has 2 aliphatic rings. The highest BCUT2D eigenvalue weighted by Gasteiger charge is 2.41. The largest absolute Gasteiger partial charge is 0.464 e. The third kappa shape index (κ3) is 4.42. The number of fused-ring (bicyclic) bond motifs is 3. The van der Waals surface area contributed by atoms with E-state index >= 15 is 0 Å². The summed E-state index contributed by atoms with van der Waals surface area (Å²) in [6.07, 6.45) is 0.426. The molecule has 0 saturated carbocycles. The zero-order valence-electron chi connectivity index (χ0n) is 18.2. The number of benzene rings is 3. The summed E-state index contributed by atoms with van der Waals surface area (Å²) in [4.78, 5) is 13.7. The van der Waals surface area contributed by atoms with Gasteiger partial charge in [0.2, 0.25) is 6.23 Å². The number of carbonyl (C=O) groups is 1. The molecule has 8 heteroatoms. The number of rotatable bonds is 4. The van der Waals surface area contributed by atoms with Gasteiger partial charge in [-0.1, -0.05) is 37.9 Å². The van der Waals surface area contributed by atoms with Crippen molar-refractivity contribution in [1.82, 2.24) is 5.01 Å². The highest BCUT2D eigenvalue weighted by atomic mass is 79.9. The number of esters is 1. The Kier molecular flexibility index (Phi) is 5.96. The van der Waals surface area contributed by atoms with Crippen LogP contribution in [0.4, 0.5) is 0 Å². The van der Waals surface area contributed by atoms with Crippen LogP contribution in [0.3, 0.4) is 0 Å². The zero-order chi connectivity index (χ0) is 23.9. The van der Waals surface area contributed by atoms with Crippen LogP contribution in [0.15, 0.2) is 98.3 Å². The molecule has 0 radical (unpaired) electrons. The first-order chi connectivity index (χ1) is 17.0. The first-order valence-corrected chi connectivity index (χ1v) is 13.5. The summed E-state index contributed by atoms with van der Waals surface area (Å²) in [5.41, 5.74) is 3.60. The van der Waals surface area contributed by atoms with E-state index in [4.69, 9.17) is 14.6 Å². The lowest BCUT2D eigenvalue weighted by atomic mass is 9.97. The van der Waals surface area contributed by atoms with Crippen molar-refractivity contribution in [1.29, 1.82) is 0 Å². The van der Waals surface area contributed by atoms with Crippen LogP contribution in [0.1, 0.15) is 45.1 Å². The van der Waals surface area contributed by atoms with Crippen LogP contribution in [0, 0.1) is 0 Å². The fourth-order valence-corrected chi connectivity index (χ4v) is 5.69. The SMILES string of the molecule is O=C(Oc1ccc([C@@H]2Oc3ccc(Br)cc3[C@@H]3CC(c4cccs4)=NN32)cc1)c1ccc(Br)cc1. The molecule has 5 nitrogen and oxygen atoms in total. The molecule has 0 fully saturated rings. The Morgan fingerprint density at radius 3 is 2.51 bits per heavy atom. The van der Waals surface area contributed by atoms with E-state index in [0.717, 1.165) is 38.0 Å². The number of halogens is 2. The minimum atomic E-state index is -0.400. The predicted octanol–water partition coefficient (Wildman–Crippen LogP) is 7.73. The highest BCUT2D eigenvalue weighted by Crippen LogP contribution is 2.48. The van der Waals surface area contributed by atoms with Gasteiger partial charge in [0, 0.05) is 26.5 Å². The summed E-state index contributed by atoms with van der Waals surface area (Å²) < 4.78 is 13.9. The van der Waals surface area contributed by atoms with Crippen molar-refractivity contribution < 1.29 is 14.3 Å². The molecule has 6 rings (SSSR count). The van der Waals surface area contributed by atoms with Crippen molar-refractivity contribution in [2.75, 3.05) is 0 Å². The Morgan fingerprint density at radius 2 is 1.77 bits per heavy atom. The minimum Gasteiger partial charge on any atom is -0.464 e. The molecule has 0 bridgehead atoms. The van der Waals surface area contributed by atoms with Crippen LogP contribution < -0.4 is 9.47 Å². The van der Waals surface area contributed by atoms with Crippen LogP contribution in [0.25, 0.3) is 0 Å². The molecule has 4 aromatic rings. The van der Waals surface area contributed by atoms with Crippen molar-refractivity contribution in [3.05, 3.63) is 115 Å². The van der Waals surface area contributed by atoms with Gasteiger partial charge in [-0.2, -0.15) is 5.10 Å². The maximum Gasteiger partial charge on any atom is 0.343 e. The molecule has 1 aromatic heterocycles. The second-order valence-electron chi connectivity index (χ2n) is 8.24. The van der Waals surface area contributed by atoms with Crippen LogP contribution in [-0.4, -0.2) is 16.7 Å². The van der Waals surface area contributed by atoms with Gasteiger partial charge in [-0.15, -0.1) is 11.3 Å². The van der Waals surface area contributed by atoms with Gasteiger partial charge in [0.15, 0.2) is 0 Å². The maximum absolute atomic E-state index is 12.5. The Bertz CT molecular complexity index is 1420. The molecule has 2 atom stereocenters. The summed E-state index contributed by atoms with van der Waals surface area (Å²) in [5.74, 6) is 0.929. The third-order valence-corrected chi connectivity index (χ3v) is 7.95. The lowest BCUT2D eigenvalue weighted by Gasteiger charge is -2.38. The molecule has 0 amide bonds. The van der Waals surface area contributed by atoms with Crippen LogP contribution in [-0.2, 0) is 0 Å². The second kappa shape index (κ2) is 9.26. The van der Waals surface area contributed by atoms with Crippen molar-refractivity contribution in [3.8, 4) is 11.5 Å². The predicted molar refractivity (Wildman–Crippen MR) is 143 cm³/mol. The van der Waals surface area contributed by atoms with Gasteiger partial charge < -0.3 is 9.47 Å². The second-order valence-corrected chi connectivity index (χ2v) is 11.0. The topological polar surface area (TPSA) is 51.1 Å². The molecular formula is C27H18Br2N2O3S. The van der Waals surface area contributed by atoms with E-state index in [-0.39, 0.29) is 12.3 Å². The van der Waals surface area contributed by atoms with E-state index in [1.54, 1.807) is 35.6 Å². The van der Waals surface area contributed by atoms with Crippen LogP contribution in [0.5, 0.6) is 11.5 Å². The first kappa shape index (κ1) is 22.5. The van der Waals surface area contributed by atoms with Crippen molar-refractivity contribution in [2.24, 2.45) is 5.10 Å². The van der Waals surface area contributed by atoms with E-state index in [9.17, 15) is 4.79 Å². The van der Waals surface area contributed by atoms with E-state index < -0.39 is 5.97 Å². The molecule has 0 spiro atoms. The Labute approximate surface area is 223 Å². The molecule has 174 valence electrons. The fraction of sp³-hybridized carbons (Fsp3) is 0.111. The Hall–Kier alpha value is -2.94. The number of ether oxygens (including phenoxy) is 2. The maximum atomic E-state index is 12.5. The van der Waals surface area contributed by atoms with Crippen molar-refractivity contribution in [3.63, 3.8) is 0 Å². The summed E-state index contributed by atoms with van der Waals surface area (Å²) in [6.45, 7) is 0. The Balaban J connectivity index is 1.28. The van der Waals surface area contributed by atoms with Crippen LogP contribution in [0.2, 0.25) is 0 Å². The number of hydrazone groups is 1. The van der Waals surface area contributed by atoms with Gasteiger partial charge in [0.05, 0.1) is 22.2 Å². The van der Waals surface area contributed by atoms with E-state index in [1.807, 2.05) is 47.5 Å². The number of hydrogen-bond acceptors (Lipinski definition) is 6. The third-order valence-electron chi connectivity index (χ3n) is 6.01. The van der Waals surface area contributed by atoms with E-state index in [1.165, 1.54) is 4.88 Å². The molecule has 0 N–H and O–H groups in total. The summed E-state index contributed by atoms with van der Waals surface area (Å²) in [5, 5.41) is 9.11. The summed E-state index contributed by atoms with van der Waals surface area (Å²) >= 11 is 8.67. The molecule has 35 heavy (non-hydrogen) atoms. The molecule has 0 unspecified atom stereocenters. The lowest BCUT2D eigenvalue weighted by molar-refractivity contribution is -0.0190. The molecule has 3 aromatic carbocycles. The first-order valence-electron chi connectivity index (χ1n) is 11.0. The van der Waals surface area contributed by atoms with Gasteiger partial charge >= 0.3 is 5.97 Å². The van der Waals surface area contributed by atoms with Gasteiger partial charge in [0.1, 0.15) is 11.5 Å². The number of nitrogens with zero attached hydrogens (tertiary/aromatic N) is 2. The zero-order valence-corrected chi connectivity index (χ0v) is 22.2. The average molecular weight is 610 g/mol. The normalized spacial score (nSPS) is 18.3. The molecular weight excluding hydrogens is 592 g/mol.